The van der Waals surface area contributed by atoms with Gasteiger partial charge in [-0.3, -0.25) is 0 Å². The number of methoxy groups -OCH3 is 1. The smallest absolute Gasteiger partial charge is 0.435 e. The van der Waals surface area contributed by atoms with Gasteiger partial charge in [-0.2, -0.15) is 18.3 Å². The van der Waals surface area contributed by atoms with E-state index in [1.165, 1.54) is 13.2 Å². The molecule has 0 bridgehead atoms. The Morgan fingerprint density at radius 3 is 2.50 bits per heavy atom. The van der Waals surface area contributed by atoms with Gasteiger partial charge in [0.25, 0.3) is 0 Å². The van der Waals surface area contributed by atoms with E-state index in [2.05, 4.69) is 5.10 Å². The third kappa shape index (κ3) is 2.46. The highest BCUT2D eigenvalue weighted by Crippen LogP contribution is 2.36. The summed E-state index contributed by atoms with van der Waals surface area (Å²) >= 11 is 5.88. The minimum Gasteiger partial charge on any atom is -0.494 e. The van der Waals surface area contributed by atoms with Crippen molar-refractivity contribution in [3.8, 4) is 11.4 Å². The minimum atomic E-state index is -4.70. The predicted molar refractivity (Wildman–Crippen MR) is 66.1 cm³/mol. The van der Waals surface area contributed by atoms with Crippen LogP contribution in [0, 0.1) is 0 Å². The highest BCUT2D eigenvalue weighted by molar-refractivity contribution is 6.30. The van der Waals surface area contributed by atoms with Gasteiger partial charge in [-0.1, -0.05) is 23.7 Å². The van der Waals surface area contributed by atoms with Gasteiger partial charge in [-0.15, -0.1) is 0 Å². The van der Waals surface area contributed by atoms with E-state index in [4.69, 9.17) is 21.4 Å². The van der Waals surface area contributed by atoms with E-state index >= 15 is 0 Å². The van der Waals surface area contributed by atoms with Crippen LogP contribution in [0.15, 0.2) is 24.3 Å². The van der Waals surface area contributed by atoms with Crippen molar-refractivity contribution in [3.05, 3.63) is 40.7 Å². The van der Waals surface area contributed by atoms with Crippen molar-refractivity contribution in [1.29, 1.82) is 0 Å². The summed E-state index contributed by atoms with van der Waals surface area (Å²) in [7, 11) is 1.38. The van der Waals surface area contributed by atoms with Gasteiger partial charge >= 0.3 is 6.18 Å². The third-order valence-corrected chi connectivity index (χ3v) is 3.05. The lowest BCUT2D eigenvalue weighted by Crippen LogP contribution is -2.10. The molecule has 0 atom stereocenters. The van der Waals surface area contributed by atoms with E-state index in [1.807, 2.05) is 0 Å². The number of rotatable bonds is 3. The molecule has 0 spiro atoms. The largest absolute Gasteiger partial charge is 0.494 e. The second-order valence-electron chi connectivity index (χ2n) is 3.86. The molecule has 1 aromatic heterocycles. The van der Waals surface area contributed by atoms with E-state index in [1.54, 1.807) is 18.2 Å². The lowest BCUT2D eigenvalue weighted by Gasteiger charge is -2.08. The Morgan fingerprint density at radius 2 is 2.00 bits per heavy atom. The monoisotopic (exact) mass is 306 g/mol. The van der Waals surface area contributed by atoms with Crippen LogP contribution in [0.3, 0.4) is 0 Å². The Kier molecular flexibility index (Phi) is 3.92. The standard InChI is InChI=1S/C12H10ClF3N2O2/c1-20-9-5-3-2-4-8(9)18-11(13)7(6-19)10(17-18)12(14,15)16/h2-5,19H,6H2,1H3. The summed E-state index contributed by atoms with van der Waals surface area (Å²) in [4.78, 5) is 0. The fourth-order valence-corrected chi connectivity index (χ4v) is 2.04. The highest BCUT2D eigenvalue weighted by atomic mass is 35.5. The van der Waals surface area contributed by atoms with Gasteiger partial charge in [0.15, 0.2) is 5.69 Å². The first-order valence-electron chi connectivity index (χ1n) is 5.49. The van der Waals surface area contributed by atoms with Crippen LogP contribution in [0.1, 0.15) is 11.3 Å². The number of hydrogen-bond acceptors (Lipinski definition) is 3. The number of aromatic nitrogens is 2. The molecule has 1 heterocycles. The van der Waals surface area contributed by atoms with Gasteiger partial charge in [0.05, 0.1) is 13.7 Å². The number of alkyl halides is 3. The number of para-hydroxylation sites is 2. The summed E-state index contributed by atoms with van der Waals surface area (Å²) in [5.74, 6) is 0.315. The molecule has 1 aromatic carbocycles. The molecular weight excluding hydrogens is 297 g/mol. The number of nitrogens with zero attached hydrogens (tertiary/aromatic N) is 2. The van der Waals surface area contributed by atoms with E-state index in [9.17, 15) is 13.2 Å². The Bertz CT molecular complexity index is 626. The number of ether oxygens (including phenoxy) is 1. The number of aliphatic hydroxyl groups excluding tert-OH is 1. The minimum absolute atomic E-state index is 0.255. The first kappa shape index (κ1) is 14.7. The quantitative estimate of drug-likeness (QED) is 0.948. The van der Waals surface area contributed by atoms with E-state index < -0.39 is 24.0 Å². The molecule has 0 fully saturated rings. The summed E-state index contributed by atoms with van der Waals surface area (Å²) in [5.41, 5.74) is -1.42. The summed E-state index contributed by atoms with van der Waals surface area (Å²) in [6.45, 7) is -0.858. The Labute approximate surface area is 117 Å². The fraction of sp³-hybridized carbons (Fsp3) is 0.250. The second-order valence-corrected chi connectivity index (χ2v) is 4.22. The zero-order chi connectivity index (χ0) is 14.9. The first-order chi connectivity index (χ1) is 9.40. The van der Waals surface area contributed by atoms with Crippen LogP contribution in [0.25, 0.3) is 5.69 Å². The number of benzene rings is 1. The number of halogens is 4. The molecule has 0 saturated carbocycles. The van der Waals surface area contributed by atoms with Crippen molar-refractivity contribution in [1.82, 2.24) is 9.78 Å². The summed E-state index contributed by atoms with van der Waals surface area (Å²) in [6.07, 6.45) is -4.70. The molecule has 1 N–H and O–H groups in total. The van der Waals surface area contributed by atoms with Crippen molar-refractivity contribution >= 4 is 11.6 Å². The van der Waals surface area contributed by atoms with Crippen LogP contribution in [0.5, 0.6) is 5.75 Å². The van der Waals surface area contributed by atoms with Crippen molar-refractivity contribution in [2.24, 2.45) is 0 Å². The van der Waals surface area contributed by atoms with Crippen molar-refractivity contribution in [3.63, 3.8) is 0 Å². The molecule has 2 aromatic rings. The Balaban J connectivity index is 2.67. The zero-order valence-electron chi connectivity index (χ0n) is 10.3. The molecule has 8 heteroatoms. The molecule has 0 amide bonds. The van der Waals surface area contributed by atoms with Gasteiger partial charge in [0.1, 0.15) is 16.6 Å². The van der Waals surface area contributed by atoms with E-state index in [0.717, 1.165) is 4.68 Å². The maximum atomic E-state index is 12.9. The molecule has 4 nitrogen and oxygen atoms in total. The summed E-state index contributed by atoms with van der Waals surface area (Å²) < 4.78 is 44.5. The molecule has 0 radical (unpaired) electrons. The molecule has 0 unspecified atom stereocenters. The lowest BCUT2D eigenvalue weighted by atomic mass is 10.2. The molecule has 2 rings (SSSR count). The summed E-state index contributed by atoms with van der Waals surface area (Å²) in [6, 6.07) is 6.36. The Hall–Kier alpha value is -1.73. The second kappa shape index (κ2) is 5.34. The Morgan fingerprint density at radius 1 is 1.35 bits per heavy atom. The van der Waals surface area contributed by atoms with Crippen LogP contribution in [0.2, 0.25) is 5.15 Å². The van der Waals surface area contributed by atoms with Gasteiger partial charge in [-0.25, -0.2) is 4.68 Å². The van der Waals surface area contributed by atoms with Crippen LogP contribution in [-0.4, -0.2) is 22.0 Å². The topological polar surface area (TPSA) is 47.3 Å². The maximum absolute atomic E-state index is 12.9. The van der Waals surface area contributed by atoms with Gasteiger partial charge < -0.3 is 9.84 Å². The lowest BCUT2D eigenvalue weighted by molar-refractivity contribution is -0.142. The van der Waals surface area contributed by atoms with Gasteiger partial charge in [0.2, 0.25) is 0 Å². The highest BCUT2D eigenvalue weighted by Gasteiger charge is 2.39. The van der Waals surface area contributed by atoms with Crippen LogP contribution in [-0.2, 0) is 12.8 Å². The normalized spacial score (nSPS) is 11.7. The first-order valence-corrected chi connectivity index (χ1v) is 5.86. The van der Waals surface area contributed by atoms with E-state index in [-0.39, 0.29) is 10.8 Å². The fourth-order valence-electron chi connectivity index (χ4n) is 1.76. The number of hydrogen-bond donors (Lipinski definition) is 1. The number of aliphatic hydroxyl groups is 1. The van der Waals surface area contributed by atoms with Gasteiger partial charge in [0, 0.05) is 5.56 Å². The SMILES string of the molecule is COc1ccccc1-n1nc(C(F)(F)F)c(CO)c1Cl. The molecule has 0 aliphatic heterocycles. The zero-order valence-corrected chi connectivity index (χ0v) is 11.0. The van der Waals surface area contributed by atoms with Crippen LogP contribution in [0.4, 0.5) is 13.2 Å². The van der Waals surface area contributed by atoms with E-state index in [0.29, 0.717) is 5.75 Å². The predicted octanol–water partition coefficient (Wildman–Crippen LogP) is 3.05. The molecule has 0 saturated heterocycles. The average Bonchev–Trinajstić information content (AvgIpc) is 2.75. The van der Waals surface area contributed by atoms with Crippen molar-refractivity contribution in [2.75, 3.05) is 7.11 Å². The average molecular weight is 307 g/mol. The molecule has 108 valence electrons. The third-order valence-electron chi connectivity index (χ3n) is 2.66. The molecule has 0 aliphatic rings. The summed E-state index contributed by atoms with van der Waals surface area (Å²) in [5, 5.41) is 12.2. The maximum Gasteiger partial charge on any atom is 0.435 e. The molecule has 20 heavy (non-hydrogen) atoms. The van der Waals surface area contributed by atoms with Gasteiger partial charge in [-0.05, 0) is 12.1 Å². The molecule has 0 aliphatic carbocycles. The van der Waals surface area contributed by atoms with Crippen LogP contribution < -0.4 is 4.74 Å². The van der Waals surface area contributed by atoms with Crippen molar-refractivity contribution < 1.29 is 23.0 Å². The van der Waals surface area contributed by atoms with Crippen LogP contribution >= 0.6 is 11.6 Å². The van der Waals surface area contributed by atoms with Crippen molar-refractivity contribution in [2.45, 2.75) is 12.8 Å². The molecular formula is C12H10ClF3N2O2.